The van der Waals surface area contributed by atoms with Gasteiger partial charge in [0.05, 0.1) is 0 Å². The van der Waals surface area contributed by atoms with Crippen molar-refractivity contribution < 1.29 is 39.5 Å². The van der Waals surface area contributed by atoms with Crippen LogP contribution in [0.1, 0.15) is 33.1 Å². The Kier molecular flexibility index (Phi) is 9.92. The van der Waals surface area contributed by atoms with Gasteiger partial charge in [-0.3, -0.25) is 0 Å². The third-order valence-electron chi connectivity index (χ3n) is 1.46. The predicted molar refractivity (Wildman–Crippen MR) is 33.7 cm³/mol. The fourth-order valence-electron chi connectivity index (χ4n) is 0.837. The minimum absolute atomic E-state index is 0. The van der Waals surface area contributed by atoms with E-state index in [-0.39, 0.29) is 35.5 Å². The van der Waals surface area contributed by atoms with Crippen LogP contribution in [0, 0.1) is 5.92 Å². The van der Waals surface area contributed by atoms with E-state index in [4.69, 9.17) is 0 Å². The Balaban J connectivity index is 0. The summed E-state index contributed by atoms with van der Waals surface area (Å²) in [6.45, 7) is 3.85. The number of hydrogen-bond acceptors (Lipinski definition) is 2. The third-order valence-corrected chi connectivity index (χ3v) is 1.46. The van der Waals surface area contributed by atoms with Crippen molar-refractivity contribution >= 4 is 5.97 Å². The first-order valence-corrected chi connectivity index (χ1v) is 3.43. The molecule has 0 amide bonds. The average Bonchev–Trinajstić information content (AvgIpc) is 1.82. The van der Waals surface area contributed by atoms with Crippen LogP contribution in [0.25, 0.3) is 0 Å². The molecule has 0 spiro atoms. The smallest absolute Gasteiger partial charge is 0.550 e. The average molecular weight is 152 g/mol. The van der Waals surface area contributed by atoms with Crippen LogP contribution in [0.4, 0.5) is 0 Å². The van der Waals surface area contributed by atoms with E-state index in [1.165, 1.54) is 0 Å². The van der Waals surface area contributed by atoms with E-state index < -0.39 is 5.97 Å². The molecule has 0 bridgehead atoms. The molecule has 0 saturated carbocycles. The Hall–Kier alpha value is 0.470. The van der Waals surface area contributed by atoms with E-state index in [2.05, 4.69) is 0 Å². The quantitative estimate of drug-likeness (QED) is 0.420. The summed E-state index contributed by atoms with van der Waals surface area (Å²) in [4.78, 5) is 10.2. The molecule has 0 aromatic carbocycles. The van der Waals surface area contributed by atoms with E-state index >= 15 is 0 Å². The molecule has 2 nitrogen and oxygen atoms in total. The van der Waals surface area contributed by atoms with Crippen LogP contribution in [0.3, 0.4) is 0 Å². The van der Waals surface area contributed by atoms with Crippen molar-refractivity contribution in [1.29, 1.82) is 0 Å². The molecular formula is C7H13NaO2. The molecule has 0 fully saturated rings. The van der Waals surface area contributed by atoms with Gasteiger partial charge in [-0.1, -0.05) is 20.3 Å². The fourth-order valence-corrected chi connectivity index (χ4v) is 0.837. The molecule has 10 heavy (non-hydrogen) atoms. The van der Waals surface area contributed by atoms with Gasteiger partial charge in [0, 0.05) is 5.97 Å². The number of rotatable bonds is 4. The molecule has 0 saturated heterocycles. The largest absolute Gasteiger partial charge is 1.00 e. The van der Waals surface area contributed by atoms with Crippen LogP contribution >= 0.6 is 0 Å². The summed E-state index contributed by atoms with van der Waals surface area (Å²) in [5, 5.41) is 10.2. The van der Waals surface area contributed by atoms with E-state index in [1.807, 2.05) is 13.8 Å². The van der Waals surface area contributed by atoms with Gasteiger partial charge in [0.2, 0.25) is 0 Å². The number of carboxylic acid groups (broad SMARTS) is 1. The maximum Gasteiger partial charge on any atom is 1.00 e. The molecule has 0 radical (unpaired) electrons. The van der Waals surface area contributed by atoms with Gasteiger partial charge in [-0.25, -0.2) is 0 Å². The summed E-state index contributed by atoms with van der Waals surface area (Å²) in [6, 6.07) is 0. The van der Waals surface area contributed by atoms with Crippen molar-refractivity contribution in [1.82, 2.24) is 0 Å². The molecule has 1 atom stereocenters. The molecule has 0 heterocycles. The number of hydrogen-bond donors (Lipinski definition) is 0. The molecule has 0 aliphatic heterocycles. The zero-order chi connectivity index (χ0) is 7.28. The fraction of sp³-hybridized carbons (Fsp3) is 0.857. The Morgan fingerprint density at radius 1 is 1.50 bits per heavy atom. The number of carbonyl (C=O) groups is 1. The summed E-state index contributed by atoms with van der Waals surface area (Å²) in [5.41, 5.74) is 0. The van der Waals surface area contributed by atoms with Crippen molar-refractivity contribution in [3.63, 3.8) is 0 Å². The maximum absolute atomic E-state index is 10.2. The first-order valence-electron chi connectivity index (χ1n) is 3.43. The Morgan fingerprint density at radius 2 is 2.00 bits per heavy atom. The van der Waals surface area contributed by atoms with Gasteiger partial charge in [-0.05, 0) is 18.8 Å². The van der Waals surface area contributed by atoms with Crippen LogP contribution in [-0.2, 0) is 4.79 Å². The normalized spacial score (nSPS) is 11.8. The van der Waals surface area contributed by atoms with Gasteiger partial charge in [-0.15, -0.1) is 0 Å². The van der Waals surface area contributed by atoms with Crippen molar-refractivity contribution in [2.45, 2.75) is 33.1 Å². The first-order chi connectivity index (χ1) is 4.22. The van der Waals surface area contributed by atoms with Gasteiger partial charge < -0.3 is 9.90 Å². The Bertz CT molecular complexity index is 93.6. The number of carbonyl (C=O) groups excluding carboxylic acids is 1. The van der Waals surface area contributed by atoms with Crippen LogP contribution in [0.15, 0.2) is 0 Å². The predicted octanol–water partition coefficient (Wildman–Crippen LogP) is -2.43. The van der Waals surface area contributed by atoms with Crippen LogP contribution < -0.4 is 34.7 Å². The third kappa shape index (κ3) is 5.27. The van der Waals surface area contributed by atoms with Crippen molar-refractivity contribution in [2.24, 2.45) is 5.92 Å². The van der Waals surface area contributed by atoms with Gasteiger partial charge in [0.1, 0.15) is 0 Å². The van der Waals surface area contributed by atoms with E-state index in [1.54, 1.807) is 0 Å². The van der Waals surface area contributed by atoms with Crippen LogP contribution in [-0.4, -0.2) is 5.97 Å². The maximum atomic E-state index is 10.2. The number of carboxylic acids is 1. The van der Waals surface area contributed by atoms with Crippen LogP contribution in [0.2, 0.25) is 0 Å². The van der Waals surface area contributed by atoms with Crippen molar-refractivity contribution in [3.05, 3.63) is 0 Å². The Morgan fingerprint density at radius 3 is 2.10 bits per heavy atom. The molecule has 0 rings (SSSR count). The van der Waals surface area contributed by atoms with E-state index in [0.29, 0.717) is 6.42 Å². The zero-order valence-corrected chi connectivity index (χ0v) is 9.02. The summed E-state index contributed by atoms with van der Waals surface area (Å²) in [6.07, 6.45) is 2.36. The molecule has 3 heteroatoms. The Labute approximate surface area is 84.3 Å². The van der Waals surface area contributed by atoms with Crippen molar-refractivity contribution in [3.8, 4) is 0 Å². The summed E-state index contributed by atoms with van der Waals surface area (Å²) in [5.74, 6) is -1.13. The molecule has 1 unspecified atom stereocenters. The second kappa shape index (κ2) is 7.58. The standard InChI is InChI=1S/C7H14O2.Na/c1-3-5-6(4-2)7(8)9;/h6H,3-5H2,1-2H3,(H,8,9);/q;+1/p-1. The van der Waals surface area contributed by atoms with E-state index in [0.717, 1.165) is 12.8 Å². The summed E-state index contributed by atoms with van der Waals surface area (Å²) < 4.78 is 0. The monoisotopic (exact) mass is 152 g/mol. The molecule has 0 aliphatic rings. The van der Waals surface area contributed by atoms with E-state index in [9.17, 15) is 9.90 Å². The summed E-state index contributed by atoms with van der Waals surface area (Å²) in [7, 11) is 0. The van der Waals surface area contributed by atoms with Crippen LogP contribution in [0.5, 0.6) is 0 Å². The van der Waals surface area contributed by atoms with Gasteiger partial charge in [0.15, 0.2) is 0 Å². The topological polar surface area (TPSA) is 40.1 Å². The molecule has 0 aliphatic carbocycles. The minimum atomic E-state index is -0.903. The van der Waals surface area contributed by atoms with Gasteiger partial charge in [-0.2, -0.15) is 0 Å². The molecule has 0 aromatic rings. The summed E-state index contributed by atoms with van der Waals surface area (Å²) >= 11 is 0. The second-order valence-electron chi connectivity index (χ2n) is 2.21. The SMILES string of the molecule is CCCC(CC)C(=O)[O-].[Na+]. The van der Waals surface area contributed by atoms with Gasteiger partial charge >= 0.3 is 29.6 Å². The molecule has 0 N–H and O–H groups in total. The van der Waals surface area contributed by atoms with Gasteiger partial charge in [0.25, 0.3) is 0 Å². The molecular weight excluding hydrogens is 139 g/mol. The van der Waals surface area contributed by atoms with Crippen molar-refractivity contribution in [2.75, 3.05) is 0 Å². The molecule has 0 aromatic heterocycles. The zero-order valence-electron chi connectivity index (χ0n) is 7.02. The number of aliphatic carboxylic acids is 1. The first kappa shape index (κ1) is 13.1. The second-order valence-corrected chi connectivity index (χ2v) is 2.21. The minimum Gasteiger partial charge on any atom is -0.550 e. The molecule has 54 valence electrons.